The third-order valence-electron chi connectivity index (χ3n) is 21.5. The smallest absolute Gasteiger partial charge is 0.252 e. The zero-order chi connectivity index (χ0) is 61.6. The van der Waals surface area contributed by atoms with E-state index in [1.54, 1.807) is 0 Å². The standard InChI is InChI=1S/C86H62BN5O/c1-85(2)45-46-86(3,4)69-47-54(35-42-68(69)85)53-33-36-55(37-34-53)88-78-48-56(89-72-26-12-5-19-60(72)61-20-6-13-27-73(61)89)39-43-70(78)87-71-44-40-57(90-74-28-14-7-21-62(74)63-22-8-15-29-75(63)90)49-79(71)91(58-38-41-67-66-25-11-18-32-82(66)93-83(67)52-58)81-51-59(50-80(88)84(81)87)92-76-30-16-9-23-64(76)65-24-10-17-31-77(65)92/h5-44,47-52H,45-46H2,1-4H3. The van der Waals surface area contributed by atoms with Crippen LogP contribution in [0.3, 0.4) is 0 Å². The van der Waals surface area contributed by atoms with E-state index in [1.807, 2.05) is 0 Å². The topological polar surface area (TPSA) is 34.4 Å². The van der Waals surface area contributed by atoms with Crippen LogP contribution in [0.25, 0.3) is 116 Å². The van der Waals surface area contributed by atoms with Crippen molar-refractivity contribution in [3.63, 3.8) is 0 Å². The molecule has 3 aliphatic rings. The van der Waals surface area contributed by atoms with Gasteiger partial charge in [-0.2, -0.15) is 0 Å². The summed E-state index contributed by atoms with van der Waals surface area (Å²) in [4.78, 5) is 5.16. The molecule has 93 heavy (non-hydrogen) atoms. The Hall–Kier alpha value is -11.3. The molecule has 4 aromatic heterocycles. The molecule has 0 bridgehead atoms. The van der Waals surface area contributed by atoms with Gasteiger partial charge in [0.2, 0.25) is 0 Å². The van der Waals surface area contributed by atoms with E-state index >= 15 is 0 Å². The first-order valence-corrected chi connectivity index (χ1v) is 32.8. The van der Waals surface area contributed by atoms with Crippen LogP contribution in [-0.2, 0) is 10.8 Å². The summed E-state index contributed by atoms with van der Waals surface area (Å²) in [5.74, 6) is 0. The maximum atomic E-state index is 6.85. The van der Waals surface area contributed by atoms with Crippen LogP contribution in [0.4, 0.5) is 34.1 Å². The Morgan fingerprint density at radius 3 is 1.16 bits per heavy atom. The molecule has 6 nitrogen and oxygen atoms in total. The van der Waals surface area contributed by atoms with Gasteiger partial charge in [0.25, 0.3) is 6.71 Å². The SMILES string of the molecule is CC1(C)CCC(C)(C)c2cc(-c3ccc(N4c5cc(-n6c7ccccc7c7ccccc76)ccc5B5c6ccc(-n7c8ccccc8c8ccccc87)cc6N(c6ccc7c(c6)oc6ccccc67)c6cc(-n7c8ccccc8c8ccccc87)cc4c65)cc3)ccc21. The van der Waals surface area contributed by atoms with Gasteiger partial charge in [0.05, 0.1) is 38.8 Å². The van der Waals surface area contributed by atoms with Gasteiger partial charge in [0.15, 0.2) is 0 Å². The summed E-state index contributed by atoms with van der Waals surface area (Å²) in [6, 6.07) is 105. The Morgan fingerprint density at radius 1 is 0.290 bits per heavy atom. The normalized spacial score (nSPS) is 14.7. The number of para-hydroxylation sites is 7. The van der Waals surface area contributed by atoms with Crippen molar-refractivity contribution in [3.8, 4) is 28.2 Å². The number of aromatic nitrogens is 3. The van der Waals surface area contributed by atoms with Gasteiger partial charge in [0.1, 0.15) is 11.2 Å². The number of fused-ring (bicyclic) bond motifs is 17. The predicted molar refractivity (Wildman–Crippen MR) is 391 cm³/mol. The van der Waals surface area contributed by atoms with Crippen molar-refractivity contribution >= 4 is 145 Å². The second kappa shape index (κ2) is 19.1. The molecule has 0 N–H and O–H groups in total. The zero-order valence-corrected chi connectivity index (χ0v) is 52.2. The van der Waals surface area contributed by atoms with Crippen LogP contribution in [-0.4, -0.2) is 20.4 Å². The molecule has 6 heterocycles. The predicted octanol–water partition coefficient (Wildman–Crippen LogP) is 21.0. The molecule has 0 saturated carbocycles. The Bertz CT molecular complexity index is 5890. The Kier molecular flexibility index (Phi) is 10.8. The molecule has 0 spiro atoms. The van der Waals surface area contributed by atoms with E-state index in [9.17, 15) is 0 Å². The third kappa shape index (κ3) is 7.47. The van der Waals surface area contributed by atoms with Gasteiger partial charge < -0.3 is 27.9 Å². The largest absolute Gasteiger partial charge is 0.456 e. The molecule has 7 heteroatoms. The Labute approximate surface area is 539 Å². The monoisotopic (exact) mass is 1190 g/mol. The minimum Gasteiger partial charge on any atom is -0.456 e. The molecule has 440 valence electrons. The molecule has 17 aromatic rings. The van der Waals surface area contributed by atoms with E-state index < -0.39 is 0 Å². The van der Waals surface area contributed by atoms with E-state index in [4.69, 9.17) is 4.42 Å². The second-order valence-electron chi connectivity index (χ2n) is 27.5. The summed E-state index contributed by atoms with van der Waals surface area (Å²) in [6.07, 6.45) is 2.35. The van der Waals surface area contributed by atoms with Crippen LogP contribution >= 0.6 is 0 Å². The molecular formula is C86H62BN5O. The first-order chi connectivity index (χ1) is 45.6. The van der Waals surface area contributed by atoms with Crippen LogP contribution in [0.15, 0.2) is 283 Å². The number of hydrogen-bond donors (Lipinski definition) is 0. The maximum absolute atomic E-state index is 6.85. The van der Waals surface area contributed by atoms with Crippen molar-refractivity contribution in [3.05, 3.63) is 290 Å². The highest BCUT2D eigenvalue weighted by Gasteiger charge is 2.45. The maximum Gasteiger partial charge on any atom is 0.252 e. The molecule has 0 radical (unpaired) electrons. The van der Waals surface area contributed by atoms with E-state index in [1.165, 1.54) is 106 Å². The molecule has 0 amide bonds. The van der Waals surface area contributed by atoms with Gasteiger partial charge in [-0.1, -0.05) is 198 Å². The molecular weight excluding hydrogens is 1130 g/mol. The summed E-state index contributed by atoms with van der Waals surface area (Å²) < 4.78 is 14.3. The molecule has 13 aromatic carbocycles. The van der Waals surface area contributed by atoms with E-state index in [-0.39, 0.29) is 17.5 Å². The van der Waals surface area contributed by atoms with Crippen LogP contribution in [0, 0.1) is 0 Å². The van der Waals surface area contributed by atoms with Crippen LogP contribution in [0.5, 0.6) is 0 Å². The number of nitrogens with zero attached hydrogens (tertiary/aromatic N) is 5. The summed E-state index contributed by atoms with van der Waals surface area (Å²) in [5.41, 5.74) is 27.9. The van der Waals surface area contributed by atoms with E-state index in [0.29, 0.717) is 0 Å². The number of anilines is 6. The fourth-order valence-corrected chi connectivity index (χ4v) is 16.9. The van der Waals surface area contributed by atoms with Gasteiger partial charge in [-0.15, -0.1) is 0 Å². The van der Waals surface area contributed by atoms with E-state index in [0.717, 1.165) is 84.2 Å². The average Bonchev–Trinajstić information content (AvgIpc) is 1.35. The highest BCUT2D eigenvalue weighted by Crippen LogP contribution is 2.51. The molecule has 2 aliphatic heterocycles. The van der Waals surface area contributed by atoms with Gasteiger partial charge in [0, 0.05) is 94.7 Å². The number of furan rings is 1. The highest BCUT2D eigenvalue weighted by molar-refractivity contribution is 7.00. The third-order valence-corrected chi connectivity index (χ3v) is 21.5. The minimum absolute atomic E-state index is 0.0837. The van der Waals surface area contributed by atoms with Crippen molar-refractivity contribution < 1.29 is 4.42 Å². The first-order valence-electron chi connectivity index (χ1n) is 32.8. The fraction of sp³-hybridized carbons (Fsp3) is 0.0930. The number of hydrogen-bond acceptors (Lipinski definition) is 3. The number of rotatable bonds is 6. The number of benzene rings is 13. The van der Waals surface area contributed by atoms with Crippen molar-refractivity contribution in [2.24, 2.45) is 0 Å². The van der Waals surface area contributed by atoms with Crippen LogP contribution < -0.4 is 26.2 Å². The lowest BCUT2D eigenvalue weighted by Gasteiger charge is -2.44. The lowest BCUT2D eigenvalue weighted by atomic mass is 9.33. The van der Waals surface area contributed by atoms with Crippen molar-refractivity contribution in [2.45, 2.75) is 51.4 Å². The lowest BCUT2D eigenvalue weighted by Crippen LogP contribution is -2.61. The van der Waals surface area contributed by atoms with E-state index in [2.05, 4.69) is 330 Å². The zero-order valence-electron chi connectivity index (χ0n) is 52.2. The molecule has 0 fully saturated rings. The quantitative estimate of drug-likeness (QED) is 0.156. The average molecular weight is 1190 g/mol. The van der Waals surface area contributed by atoms with Crippen LogP contribution in [0.2, 0.25) is 0 Å². The van der Waals surface area contributed by atoms with Crippen molar-refractivity contribution in [2.75, 3.05) is 9.80 Å². The summed E-state index contributed by atoms with van der Waals surface area (Å²) in [5, 5.41) is 9.56. The summed E-state index contributed by atoms with van der Waals surface area (Å²) in [7, 11) is 0. The highest BCUT2D eigenvalue weighted by atomic mass is 16.3. The first kappa shape index (κ1) is 52.5. The lowest BCUT2D eigenvalue weighted by molar-refractivity contribution is 0.332. The molecule has 20 rings (SSSR count). The molecule has 1 aliphatic carbocycles. The Balaban J connectivity index is 0.897. The molecule has 0 unspecified atom stereocenters. The Morgan fingerprint density at radius 2 is 0.667 bits per heavy atom. The van der Waals surface area contributed by atoms with Gasteiger partial charge in [-0.3, -0.25) is 0 Å². The van der Waals surface area contributed by atoms with Crippen molar-refractivity contribution in [1.82, 2.24) is 13.7 Å². The second-order valence-corrected chi connectivity index (χ2v) is 27.5. The van der Waals surface area contributed by atoms with Crippen molar-refractivity contribution in [1.29, 1.82) is 0 Å². The minimum atomic E-state index is -0.184. The molecule has 0 saturated heterocycles. The van der Waals surface area contributed by atoms with Crippen LogP contribution in [0.1, 0.15) is 51.7 Å². The van der Waals surface area contributed by atoms with Gasteiger partial charge >= 0.3 is 0 Å². The molecule has 0 atom stereocenters. The summed E-state index contributed by atoms with van der Waals surface area (Å²) >= 11 is 0. The summed E-state index contributed by atoms with van der Waals surface area (Å²) in [6.45, 7) is 9.51. The fourth-order valence-electron chi connectivity index (χ4n) is 16.9. The van der Waals surface area contributed by atoms with Gasteiger partial charge in [-0.05, 0) is 165 Å². The van der Waals surface area contributed by atoms with Gasteiger partial charge in [-0.25, -0.2) is 0 Å².